The summed E-state index contributed by atoms with van der Waals surface area (Å²) in [5.74, 6) is 0.225. The van der Waals surface area contributed by atoms with Crippen LogP contribution in [0.2, 0.25) is 0 Å². The van der Waals surface area contributed by atoms with E-state index in [2.05, 4.69) is 5.32 Å². The average molecular weight is 240 g/mol. The van der Waals surface area contributed by atoms with E-state index in [1.165, 1.54) is 12.8 Å². The third-order valence-corrected chi connectivity index (χ3v) is 3.99. The summed E-state index contributed by atoms with van der Waals surface area (Å²) in [6, 6.07) is 0.428. The van der Waals surface area contributed by atoms with Crippen LogP contribution in [0.4, 0.5) is 0 Å². The highest BCUT2D eigenvalue weighted by atomic mass is 16.3. The molecule has 2 rings (SSSR count). The summed E-state index contributed by atoms with van der Waals surface area (Å²) in [7, 11) is 0. The van der Waals surface area contributed by atoms with Crippen LogP contribution < -0.4 is 5.32 Å². The molecule has 2 unspecified atom stereocenters. The van der Waals surface area contributed by atoms with Crippen LogP contribution in [0.1, 0.15) is 44.9 Å². The van der Waals surface area contributed by atoms with Gasteiger partial charge in [-0.25, -0.2) is 0 Å². The lowest BCUT2D eigenvalue weighted by Gasteiger charge is -2.36. The number of carbonyl (C=O) groups excluding carboxylic acids is 1. The third kappa shape index (κ3) is 3.42. The Hall–Kier alpha value is -0.610. The molecule has 2 saturated heterocycles. The maximum atomic E-state index is 12.2. The van der Waals surface area contributed by atoms with Crippen LogP contribution in [-0.2, 0) is 4.79 Å². The zero-order valence-corrected chi connectivity index (χ0v) is 10.5. The molecule has 0 radical (unpaired) electrons. The molecule has 0 saturated carbocycles. The average Bonchev–Trinajstić information content (AvgIpc) is 2.40. The second-order valence-corrected chi connectivity index (χ2v) is 5.27. The van der Waals surface area contributed by atoms with E-state index in [0.29, 0.717) is 12.5 Å². The van der Waals surface area contributed by atoms with Gasteiger partial charge >= 0.3 is 0 Å². The van der Waals surface area contributed by atoms with Gasteiger partial charge in [-0.2, -0.15) is 0 Å². The number of hydrogen-bond donors (Lipinski definition) is 2. The lowest BCUT2D eigenvalue weighted by atomic mass is 9.98. The molecule has 1 amide bonds. The molecule has 0 aromatic rings. The van der Waals surface area contributed by atoms with Crippen LogP contribution in [0.15, 0.2) is 0 Å². The second-order valence-electron chi connectivity index (χ2n) is 5.27. The van der Waals surface area contributed by atoms with Gasteiger partial charge in [-0.1, -0.05) is 6.42 Å². The van der Waals surface area contributed by atoms with E-state index in [0.717, 1.165) is 38.8 Å². The van der Waals surface area contributed by atoms with Crippen LogP contribution in [0.3, 0.4) is 0 Å². The summed E-state index contributed by atoms with van der Waals surface area (Å²) in [5.41, 5.74) is 0. The van der Waals surface area contributed by atoms with Crippen LogP contribution in [0.25, 0.3) is 0 Å². The van der Waals surface area contributed by atoms with Crippen LogP contribution >= 0.6 is 0 Å². The molecule has 0 aliphatic carbocycles. The zero-order chi connectivity index (χ0) is 12.1. The number of rotatable bonds is 3. The number of amides is 1. The summed E-state index contributed by atoms with van der Waals surface area (Å²) in [6.45, 7) is 1.99. The third-order valence-electron chi connectivity index (χ3n) is 3.99. The normalized spacial score (nSPS) is 30.3. The van der Waals surface area contributed by atoms with E-state index in [4.69, 9.17) is 0 Å². The zero-order valence-electron chi connectivity index (χ0n) is 10.5. The smallest absolute Gasteiger partial charge is 0.224 e. The quantitative estimate of drug-likeness (QED) is 0.770. The molecule has 4 nitrogen and oxygen atoms in total. The Labute approximate surface area is 103 Å². The van der Waals surface area contributed by atoms with Gasteiger partial charge in [0.25, 0.3) is 0 Å². The Bertz CT molecular complexity index is 252. The molecule has 2 heterocycles. The first kappa shape index (κ1) is 12.8. The van der Waals surface area contributed by atoms with Gasteiger partial charge in [0.2, 0.25) is 5.91 Å². The van der Waals surface area contributed by atoms with Crippen molar-refractivity contribution < 1.29 is 9.90 Å². The first-order valence-corrected chi connectivity index (χ1v) is 6.95. The highest BCUT2D eigenvalue weighted by Gasteiger charge is 2.27. The lowest BCUT2D eigenvalue weighted by Crippen LogP contribution is -2.48. The fraction of sp³-hybridized carbons (Fsp3) is 0.923. The molecule has 2 atom stereocenters. The Morgan fingerprint density at radius 2 is 2.06 bits per heavy atom. The summed E-state index contributed by atoms with van der Waals surface area (Å²) < 4.78 is 0. The first-order chi connectivity index (χ1) is 8.31. The maximum Gasteiger partial charge on any atom is 0.224 e. The van der Waals surface area contributed by atoms with Crippen molar-refractivity contribution >= 4 is 5.91 Å². The molecular formula is C13H24N2O2. The Balaban J connectivity index is 1.84. The van der Waals surface area contributed by atoms with Crippen LogP contribution in [-0.4, -0.2) is 47.7 Å². The highest BCUT2D eigenvalue weighted by Crippen LogP contribution is 2.19. The van der Waals surface area contributed by atoms with E-state index in [1.807, 2.05) is 4.90 Å². The number of aliphatic hydroxyl groups excluding tert-OH is 1. The van der Waals surface area contributed by atoms with Crippen LogP contribution in [0, 0.1) is 0 Å². The molecule has 2 aliphatic heterocycles. The predicted octanol–water partition coefficient (Wildman–Crippen LogP) is 0.892. The number of likely N-dealkylation sites (tertiary alicyclic amines) is 1. The number of nitrogens with one attached hydrogen (secondary N) is 1. The van der Waals surface area contributed by atoms with Crippen molar-refractivity contribution in [2.75, 3.05) is 19.7 Å². The van der Waals surface area contributed by atoms with E-state index >= 15 is 0 Å². The summed E-state index contributed by atoms with van der Waals surface area (Å²) >= 11 is 0. The van der Waals surface area contributed by atoms with Gasteiger partial charge in [0.1, 0.15) is 0 Å². The fourth-order valence-electron chi connectivity index (χ4n) is 2.94. The van der Waals surface area contributed by atoms with Gasteiger partial charge < -0.3 is 15.3 Å². The summed E-state index contributed by atoms with van der Waals surface area (Å²) in [4.78, 5) is 14.1. The standard InChI is InChI=1S/C13H24N2O2/c16-10-12-6-2-4-8-15(12)13(17)9-11-5-1-3-7-14-11/h11-12,14,16H,1-10H2. The largest absolute Gasteiger partial charge is 0.394 e. The molecule has 0 aromatic carbocycles. The molecule has 2 N–H and O–H groups in total. The lowest BCUT2D eigenvalue weighted by molar-refractivity contribution is -0.136. The number of aliphatic hydroxyl groups is 1. The van der Waals surface area contributed by atoms with Gasteiger partial charge in [0, 0.05) is 19.0 Å². The topological polar surface area (TPSA) is 52.6 Å². The number of carbonyl (C=O) groups is 1. The molecule has 0 spiro atoms. The van der Waals surface area contributed by atoms with Gasteiger partial charge in [-0.05, 0) is 38.6 Å². The maximum absolute atomic E-state index is 12.2. The molecule has 0 bridgehead atoms. The Morgan fingerprint density at radius 3 is 2.76 bits per heavy atom. The minimum Gasteiger partial charge on any atom is -0.394 e. The van der Waals surface area contributed by atoms with Crippen molar-refractivity contribution in [1.82, 2.24) is 10.2 Å². The minimum absolute atomic E-state index is 0.0693. The summed E-state index contributed by atoms with van der Waals surface area (Å²) in [6.07, 6.45) is 7.36. The fourth-order valence-corrected chi connectivity index (χ4v) is 2.94. The van der Waals surface area contributed by atoms with E-state index < -0.39 is 0 Å². The van der Waals surface area contributed by atoms with Gasteiger partial charge in [0.15, 0.2) is 0 Å². The van der Waals surface area contributed by atoms with Gasteiger partial charge in [-0.15, -0.1) is 0 Å². The number of nitrogens with zero attached hydrogens (tertiary/aromatic N) is 1. The van der Waals surface area contributed by atoms with Crippen molar-refractivity contribution in [3.8, 4) is 0 Å². The molecule has 0 aromatic heterocycles. The van der Waals surface area contributed by atoms with Crippen LogP contribution in [0.5, 0.6) is 0 Å². The van der Waals surface area contributed by atoms with Crippen molar-refractivity contribution in [2.45, 2.75) is 57.0 Å². The summed E-state index contributed by atoms with van der Waals surface area (Å²) in [5, 5.41) is 12.7. The molecule has 2 fully saturated rings. The van der Waals surface area contributed by atoms with Gasteiger partial charge in [-0.3, -0.25) is 4.79 Å². The molecule has 2 aliphatic rings. The highest BCUT2D eigenvalue weighted by molar-refractivity contribution is 5.77. The predicted molar refractivity (Wildman–Crippen MR) is 66.7 cm³/mol. The molecular weight excluding hydrogens is 216 g/mol. The molecule has 98 valence electrons. The van der Waals surface area contributed by atoms with E-state index in [1.54, 1.807) is 0 Å². The second kappa shape index (κ2) is 6.36. The monoisotopic (exact) mass is 240 g/mol. The molecule has 17 heavy (non-hydrogen) atoms. The van der Waals surface area contributed by atoms with E-state index in [9.17, 15) is 9.90 Å². The SMILES string of the molecule is O=C(CC1CCCCN1)N1CCCCC1CO. The Kier molecular flexibility index (Phi) is 4.80. The van der Waals surface area contributed by atoms with Crippen molar-refractivity contribution in [1.29, 1.82) is 0 Å². The van der Waals surface area contributed by atoms with Crippen molar-refractivity contribution in [3.63, 3.8) is 0 Å². The number of piperidine rings is 2. The number of hydrogen-bond acceptors (Lipinski definition) is 3. The Morgan fingerprint density at radius 1 is 1.24 bits per heavy atom. The first-order valence-electron chi connectivity index (χ1n) is 6.95. The van der Waals surface area contributed by atoms with Crippen molar-refractivity contribution in [2.24, 2.45) is 0 Å². The van der Waals surface area contributed by atoms with E-state index in [-0.39, 0.29) is 18.6 Å². The minimum atomic E-state index is 0.0693. The van der Waals surface area contributed by atoms with Gasteiger partial charge in [0.05, 0.1) is 12.6 Å². The van der Waals surface area contributed by atoms with Crippen molar-refractivity contribution in [3.05, 3.63) is 0 Å². The molecule has 4 heteroatoms.